The number of benzene rings is 2. The number of anilines is 1. The monoisotopic (exact) mass is 262 g/mol. The van der Waals surface area contributed by atoms with Crippen molar-refractivity contribution in [1.29, 1.82) is 5.26 Å². The Bertz CT molecular complexity index is 670. The molecule has 1 aliphatic heterocycles. The Balaban J connectivity index is 1.89. The lowest BCUT2D eigenvalue weighted by molar-refractivity contribution is 0.400. The van der Waals surface area contributed by atoms with Crippen molar-refractivity contribution in [3.05, 3.63) is 65.7 Å². The maximum atomic E-state index is 8.85. The zero-order valence-electron chi connectivity index (χ0n) is 11.0. The fraction of sp³-hybridized carbons (Fsp3) is 0.125. The van der Waals surface area contributed by atoms with Crippen LogP contribution in [0.5, 0.6) is 0 Å². The summed E-state index contributed by atoms with van der Waals surface area (Å²) in [5.74, 6) is 0.607. The van der Waals surface area contributed by atoms with Gasteiger partial charge >= 0.3 is 0 Å². The molecule has 3 rings (SSSR count). The topological polar surface area (TPSA) is 51.4 Å². The molecule has 2 aromatic carbocycles. The number of nitriles is 1. The highest BCUT2D eigenvalue weighted by atomic mass is 15.3. The molecule has 0 saturated carbocycles. The molecule has 20 heavy (non-hydrogen) atoms. The predicted octanol–water partition coefficient (Wildman–Crippen LogP) is 2.95. The summed E-state index contributed by atoms with van der Waals surface area (Å²) < 4.78 is 0. The van der Waals surface area contributed by atoms with E-state index >= 15 is 0 Å². The molecule has 1 aliphatic rings. The highest BCUT2D eigenvalue weighted by molar-refractivity contribution is 5.96. The van der Waals surface area contributed by atoms with Crippen LogP contribution < -0.4 is 5.32 Å². The molecular formula is C16H14N4. The third-order valence-electron chi connectivity index (χ3n) is 3.30. The molecular weight excluding hydrogens is 248 g/mol. The molecule has 0 bridgehead atoms. The van der Waals surface area contributed by atoms with Crippen LogP contribution in [0.15, 0.2) is 59.6 Å². The number of guanidine groups is 1. The Labute approximate surface area is 118 Å². The first-order valence-corrected chi connectivity index (χ1v) is 6.47. The minimum atomic E-state index is 0.607. The number of aliphatic imine (C=N–C) groups is 1. The molecule has 0 unspecified atom stereocenters. The van der Waals surface area contributed by atoms with E-state index in [1.807, 2.05) is 42.6 Å². The summed E-state index contributed by atoms with van der Waals surface area (Å²) in [6.07, 6.45) is 1.87. The van der Waals surface area contributed by atoms with Gasteiger partial charge in [-0.3, -0.25) is 0 Å². The minimum Gasteiger partial charge on any atom is -0.333 e. The fourth-order valence-corrected chi connectivity index (χ4v) is 2.34. The second-order valence-electron chi connectivity index (χ2n) is 4.66. The van der Waals surface area contributed by atoms with Crippen LogP contribution in [0.1, 0.15) is 11.1 Å². The molecule has 0 amide bonds. The molecule has 1 N–H and O–H groups in total. The standard InChI is InChI=1S/C16H14N4/c17-12-18-16-19-15-9-5-4-8-14(15)11-20(16)10-13-6-2-1-3-7-13/h1-9H,10-11H2,(H,18,19). The molecule has 4 nitrogen and oxygen atoms in total. The van der Waals surface area contributed by atoms with Crippen LogP contribution in [0.4, 0.5) is 5.69 Å². The van der Waals surface area contributed by atoms with E-state index in [0.29, 0.717) is 5.96 Å². The van der Waals surface area contributed by atoms with Crippen LogP contribution in [0.3, 0.4) is 0 Å². The second-order valence-corrected chi connectivity index (χ2v) is 4.66. The molecule has 0 saturated heterocycles. The predicted molar refractivity (Wildman–Crippen MR) is 78.8 cm³/mol. The van der Waals surface area contributed by atoms with Gasteiger partial charge in [0.15, 0.2) is 0 Å². The lowest BCUT2D eigenvalue weighted by atomic mass is 10.1. The summed E-state index contributed by atoms with van der Waals surface area (Å²) in [5, 5.41) is 12.1. The van der Waals surface area contributed by atoms with Gasteiger partial charge in [0, 0.05) is 18.8 Å². The summed E-state index contributed by atoms with van der Waals surface area (Å²) >= 11 is 0. The van der Waals surface area contributed by atoms with E-state index in [-0.39, 0.29) is 0 Å². The number of rotatable bonds is 2. The first-order valence-electron chi connectivity index (χ1n) is 6.47. The molecule has 1 heterocycles. The van der Waals surface area contributed by atoms with Crippen LogP contribution in [0, 0.1) is 11.5 Å². The van der Waals surface area contributed by atoms with Crippen LogP contribution in [-0.4, -0.2) is 10.9 Å². The number of hydrogen-bond acceptors (Lipinski definition) is 2. The van der Waals surface area contributed by atoms with E-state index in [1.54, 1.807) is 0 Å². The lowest BCUT2D eigenvalue weighted by Crippen LogP contribution is -2.39. The van der Waals surface area contributed by atoms with Crippen molar-refractivity contribution in [2.75, 3.05) is 5.32 Å². The Morgan fingerprint density at radius 3 is 2.65 bits per heavy atom. The molecule has 0 fully saturated rings. The maximum Gasteiger partial charge on any atom is 0.215 e. The van der Waals surface area contributed by atoms with E-state index < -0.39 is 0 Å². The van der Waals surface area contributed by atoms with Gasteiger partial charge in [0.2, 0.25) is 12.2 Å². The number of nitrogens with zero attached hydrogens (tertiary/aromatic N) is 3. The molecule has 0 radical (unpaired) electrons. The van der Waals surface area contributed by atoms with Crippen molar-refractivity contribution in [2.45, 2.75) is 13.1 Å². The largest absolute Gasteiger partial charge is 0.333 e. The van der Waals surface area contributed by atoms with Gasteiger partial charge in [0.1, 0.15) is 0 Å². The number of fused-ring (bicyclic) bond motifs is 1. The zero-order valence-corrected chi connectivity index (χ0v) is 11.0. The van der Waals surface area contributed by atoms with Crippen molar-refractivity contribution >= 4 is 11.6 Å². The molecule has 0 aliphatic carbocycles. The van der Waals surface area contributed by atoms with Crippen molar-refractivity contribution < 1.29 is 0 Å². The highest BCUT2D eigenvalue weighted by Gasteiger charge is 2.20. The van der Waals surface area contributed by atoms with Crippen molar-refractivity contribution in [3.63, 3.8) is 0 Å². The van der Waals surface area contributed by atoms with Crippen LogP contribution in [0.2, 0.25) is 0 Å². The third kappa shape index (κ3) is 2.47. The van der Waals surface area contributed by atoms with Crippen molar-refractivity contribution in [2.24, 2.45) is 4.99 Å². The van der Waals surface area contributed by atoms with E-state index in [1.165, 1.54) is 11.1 Å². The van der Waals surface area contributed by atoms with E-state index in [0.717, 1.165) is 18.8 Å². The van der Waals surface area contributed by atoms with Gasteiger partial charge in [0.25, 0.3) is 0 Å². The third-order valence-corrected chi connectivity index (χ3v) is 3.30. The molecule has 4 heteroatoms. The Morgan fingerprint density at radius 2 is 1.85 bits per heavy atom. The Hall–Kier alpha value is -2.80. The van der Waals surface area contributed by atoms with Gasteiger partial charge in [-0.15, -0.1) is 4.99 Å². The molecule has 2 aromatic rings. The van der Waals surface area contributed by atoms with Crippen LogP contribution in [-0.2, 0) is 13.1 Å². The zero-order chi connectivity index (χ0) is 13.8. The van der Waals surface area contributed by atoms with Crippen molar-refractivity contribution in [1.82, 2.24) is 4.90 Å². The van der Waals surface area contributed by atoms with Gasteiger partial charge < -0.3 is 10.2 Å². The van der Waals surface area contributed by atoms with Gasteiger partial charge in [-0.1, -0.05) is 48.5 Å². The number of nitrogens with one attached hydrogen (secondary N) is 1. The summed E-state index contributed by atoms with van der Waals surface area (Å²) in [5.41, 5.74) is 3.42. The van der Waals surface area contributed by atoms with Gasteiger partial charge in [0.05, 0.1) is 0 Å². The Morgan fingerprint density at radius 1 is 1.10 bits per heavy atom. The second kappa shape index (κ2) is 5.45. The summed E-state index contributed by atoms with van der Waals surface area (Å²) in [6.45, 7) is 1.47. The number of hydrogen-bond donors (Lipinski definition) is 1. The average Bonchev–Trinajstić information content (AvgIpc) is 2.49. The Kier molecular flexibility index (Phi) is 3.34. The maximum absolute atomic E-state index is 8.85. The van der Waals surface area contributed by atoms with Gasteiger partial charge in [-0.2, -0.15) is 5.26 Å². The summed E-state index contributed by atoms with van der Waals surface area (Å²) in [4.78, 5) is 5.97. The summed E-state index contributed by atoms with van der Waals surface area (Å²) in [6, 6.07) is 18.3. The first kappa shape index (κ1) is 12.2. The normalized spacial score (nSPS) is 15.3. The smallest absolute Gasteiger partial charge is 0.215 e. The lowest BCUT2D eigenvalue weighted by Gasteiger charge is -2.32. The molecule has 98 valence electrons. The highest BCUT2D eigenvalue weighted by Crippen LogP contribution is 2.24. The van der Waals surface area contributed by atoms with Gasteiger partial charge in [-0.05, 0) is 17.2 Å². The minimum absolute atomic E-state index is 0.607. The average molecular weight is 262 g/mol. The SMILES string of the molecule is N#C/N=C1/Nc2ccccc2CN1Cc1ccccc1. The fourth-order valence-electron chi connectivity index (χ4n) is 2.34. The van der Waals surface area contributed by atoms with E-state index in [9.17, 15) is 0 Å². The number of para-hydroxylation sites is 1. The van der Waals surface area contributed by atoms with Crippen LogP contribution >= 0.6 is 0 Å². The van der Waals surface area contributed by atoms with Crippen LogP contribution in [0.25, 0.3) is 0 Å². The van der Waals surface area contributed by atoms with Gasteiger partial charge in [-0.25, -0.2) is 0 Å². The van der Waals surface area contributed by atoms with Crippen molar-refractivity contribution in [3.8, 4) is 6.19 Å². The first-order chi connectivity index (χ1) is 9.86. The summed E-state index contributed by atoms with van der Waals surface area (Å²) in [7, 11) is 0. The molecule has 0 aromatic heterocycles. The van der Waals surface area contributed by atoms with E-state index in [4.69, 9.17) is 5.26 Å². The molecule has 0 spiro atoms. The van der Waals surface area contributed by atoms with E-state index in [2.05, 4.69) is 33.4 Å². The quantitative estimate of drug-likeness (QED) is 0.846. The molecule has 0 atom stereocenters.